The van der Waals surface area contributed by atoms with Crippen LogP contribution in [0.5, 0.6) is 0 Å². The van der Waals surface area contributed by atoms with Crippen molar-refractivity contribution in [2.45, 2.75) is 19.8 Å². The van der Waals surface area contributed by atoms with Crippen molar-refractivity contribution in [3.05, 3.63) is 0 Å². The van der Waals surface area contributed by atoms with Gasteiger partial charge in [-0.3, -0.25) is 4.79 Å². The molecule has 3 nitrogen and oxygen atoms in total. The van der Waals surface area contributed by atoms with Gasteiger partial charge in [0.1, 0.15) is 0 Å². The number of hydrogen-bond donors (Lipinski definition) is 1. The van der Waals surface area contributed by atoms with Gasteiger partial charge >= 0.3 is 0 Å². The highest BCUT2D eigenvalue weighted by Crippen LogP contribution is 2.18. The summed E-state index contributed by atoms with van der Waals surface area (Å²) in [4.78, 5) is 13.3. The third-order valence-electron chi connectivity index (χ3n) is 2.54. The Labute approximate surface area is 74.1 Å². The van der Waals surface area contributed by atoms with Gasteiger partial charge in [-0.15, -0.1) is 0 Å². The van der Waals surface area contributed by atoms with Crippen LogP contribution in [0.4, 0.5) is 0 Å². The average molecular weight is 170 g/mol. The lowest BCUT2D eigenvalue weighted by Crippen LogP contribution is -2.35. The van der Waals surface area contributed by atoms with Gasteiger partial charge in [-0.05, 0) is 19.4 Å². The molecule has 0 unspecified atom stereocenters. The molecule has 0 aromatic heterocycles. The zero-order valence-corrected chi connectivity index (χ0v) is 7.97. The first-order valence-corrected chi connectivity index (χ1v) is 4.70. The summed E-state index contributed by atoms with van der Waals surface area (Å²) < 4.78 is 0. The number of nitrogens with one attached hydrogen (secondary N) is 1. The average Bonchev–Trinajstić information content (AvgIpc) is 2.52. The van der Waals surface area contributed by atoms with Crippen LogP contribution in [0.15, 0.2) is 0 Å². The highest BCUT2D eigenvalue weighted by Gasteiger charge is 2.23. The Kier molecular flexibility index (Phi) is 3.53. The van der Waals surface area contributed by atoms with Crippen LogP contribution in [-0.4, -0.2) is 37.5 Å². The molecule has 12 heavy (non-hydrogen) atoms. The molecule has 1 fully saturated rings. The molecule has 0 spiro atoms. The summed E-state index contributed by atoms with van der Waals surface area (Å²) in [6.45, 7) is 4.60. The molecule has 0 radical (unpaired) electrons. The molecular weight excluding hydrogens is 152 g/mol. The fourth-order valence-corrected chi connectivity index (χ4v) is 1.66. The van der Waals surface area contributed by atoms with E-state index in [2.05, 4.69) is 12.2 Å². The van der Waals surface area contributed by atoms with E-state index in [0.717, 1.165) is 19.0 Å². The summed E-state index contributed by atoms with van der Waals surface area (Å²) >= 11 is 0. The summed E-state index contributed by atoms with van der Waals surface area (Å²) in [5, 5.41) is 2.89. The van der Waals surface area contributed by atoms with Crippen molar-refractivity contribution in [3.8, 4) is 0 Å². The van der Waals surface area contributed by atoms with Crippen molar-refractivity contribution in [2.75, 3.05) is 26.7 Å². The van der Waals surface area contributed by atoms with E-state index < -0.39 is 0 Å². The fraction of sp³-hybridized carbons (Fsp3) is 0.889. The zero-order chi connectivity index (χ0) is 8.97. The molecular formula is C9H18N2O. The molecule has 0 saturated carbocycles. The number of rotatable bonds is 3. The van der Waals surface area contributed by atoms with E-state index >= 15 is 0 Å². The molecule has 0 aromatic carbocycles. The quantitative estimate of drug-likeness (QED) is 0.667. The lowest BCUT2D eigenvalue weighted by Gasteiger charge is -2.15. The van der Waals surface area contributed by atoms with Crippen LogP contribution in [0.2, 0.25) is 0 Å². The molecule has 1 N–H and O–H groups in total. The number of likely N-dealkylation sites (tertiary alicyclic amines) is 1. The predicted molar refractivity (Wildman–Crippen MR) is 48.9 cm³/mol. The van der Waals surface area contributed by atoms with Gasteiger partial charge in [0, 0.05) is 13.1 Å². The van der Waals surface area contributed by atoms with E-state index in [4.69, 9.17) is 0 Å². The van der Waals surface area contributed by atoms with Gasteiger partial charge < -0.3 is 10.2 Å². The third kappa shape index (κ3) is 2.21. The molecule has 70 valence electrons. The highest BCUT2D eigenvalue weighted by molar-refractivity contribution is 5.78. The van der Waals surface area contributed by atoms with Crippen molar-refractivity contribution in [3.63, 3.8) is 0 Å². The predicted octanol–water partition coefficient (Wildman–Crippen LogP) is 0.464. The Balaban J connectivity index is 2.31. The van der Waals surface area contributed by atoms with E-state index in [-0.39, 0.29) is 5.91 Å². The zero-order valence-electron chi connectivity index (χ0n) is 7.97. The molecule has 1 amide bonds. The number of carbonyl (C=O) groups is 1. The van der Waals surface area contributed by atoms with Crippen LogP contribution in [-0.2, 0) is 4.79 Å². The third-order valence-corrected chi connectivity index (χ3v) is 2.54. The summed E-state index contributed by atoms with van der Waals surface area (Å²) in [7, 11) is 1.81. The minimum atomic E-state index is 0.244. The van der Waals surface area contributed by atoms with Gasteiger partial charge in [-0.2, -0.15) is 0 Å². The molecule has 1 saturated heterocycles. The Hall–Kier alpha value is -0.570. The second kappa shape index (κ2) is 4.45. The van der Waals surface area contributed by atoms with E-state index in [0.29, 0.717) is 6.54 Å². The first kappa shape index (κ1) is 9.52. The van der Waals surface area contributed by atoms with Crippen molar-refractivity contribution in [2.24, 2.45) is 5.92 Å². The van der Waals surface area contributed by atoms with Crippen molar-refractivity contribution < 1.29 is 4.79 Å². The normalized spacial score (nSPS) is 23.2. The second-order valence-corrected chi connectivity index (χ2v) is 3.43. The molecule has 1 heterocycles. The maximum absolute atomic E-state index is 11.4. The summed E-state index contributed by atoms with van der Waals surface area (Å²) in [6.07, 6.45) is 2.38. The molecule has 1 aliphatic rings. The van der Waals surface area contributed by atoms with E-state index in [1.165, 1.54) is 12.8 Å². The van der Waals surface area contributed by atoms with Crippen LogP contribution < -0.4 is 5.32 Å². The van der Waals surface area contributed by atoms with Gasteiger partial charge in [-0.25, -0.2) is 0 Å². The standard InChI is InChI=1S/C9H18N2O/c1-3-8-4-5-11(7-8)9(12)6-10-2/h8,10H,3-7H2,1-2H3/t8-/m0/s1. The van der Waals surface area contributed by atoms with Crippen LogP contribution in [0.1, 0.15) is 19.8 Å². The highest BCUT2D eigenvalue weighted by atomic mass is 16.2. The van der Waals surface area contributed by atoms with E-state index in [1.54, 1.807) is 0 Å². The topological polar surface area (TPSA) is 32.3 Å². The molecule has 1 atom stereocenters. The lowest BCUT2D eigenvalue weighted by atomic mass is 10.1. The second-order valence-electron chi connectivity index (χ2n) is 3.43. The van der Waals surface area contributed by atoms with Gasteiger partial charge in [0.05, 0.1) is 6.54 Å². The van der Waals surface area contributed by atoms with Gasteiger partial charge in [-0.1, -0.05) is 13.3 Å². The van der Waals surface area contributed by atoms with Crippen LogP contribution in [0, 0.1) is 5.92 Å². The Morgan fingerprint density at radius 2 is 2.42 bits per heavy atom. The summed E-state index contributed by atoms with van der Waals surface area (Å²) in [5.41, 5.74) is 0. The molecule has 1 rings (SSSR count). The van der Waals surface area contributed by atoms with E-state index in [9.17, 15) is 4.79 Å². The number of likely N-dealkylation sites (N-methyl/N-ethyl adjacent to an activating group) is 1. The van der Waals surface area contributed by atoms with Gasteiger partial charge in [0.25, 0.3) is 0 Å². The van der Waals surface area contributed by atoms with Crippen LogP contribution in [0.3, 0.4) is 0 Å². The number of carbonyl (C=O) groups excluding carboxylic acids is 1. The SMILES string of the molecule is CC[C@H]1CCN(C(=O)CNC)C1. The lowest BCUT2D eigenvalue weighted by molar-refractivity contribution is -0.129. The van der Waals surface area contributed by atoms with Crippen LogP contribution >= 0.6 is 0 Å². The van der Waals surface area contributed by atoms with Gasteiger partial charge in [0.2, 0.25) is 5.91 Å². The molecule has 0 aliphatic carbocycles. The first-order valence-electron chi connectivity index (χ1n) is 4.70. The Morgan fingerprint density at radius 3 is 2.92 bits per heavy atom. The molecule has 0 aromatic rings. The number of amides is 1. The maximum atomic E-state index is 11.4. The summed E-state index contributed by atoms with van der Waals surface area (Å²) in [6, 6.07) is 0. The Bertz CT molecular complexity index is 159. The van der Waals surface area contributed by atoms with Crippen molar-refractivity contribution in [1.82, 2.24) is 10.2 Å². The summed E-state index contributed by atoms with van der Waals surface area (Å²) in [5.74, 6) is 0.985. The monoisotopic (exact) mass is 170 g/mol. The fourth-order valence-electron chi connectivity index (χ4n) is 1.66. The first-order chi connectivity index (χ1) is 5.77. The number of nitrogens with zero attached hydrogens (tertiary/aromatic N) is 1. The number of hydrogen-bond acceptors (Lipinski definition) is 2. The maximum Gasteiger partial charge on any atom is 0.236 e. The van der Waals surface area contributed by atoms with Crippen molar-refractivity contribution in [1.29, 1.82) is 0 Å². The van der Waals surface area contributed by atoms with Gasteiger partial charge in [0.15, 0.2) is 0 Å². The molecule has 1 aliphatic heterocycles. The largest absolute Gasteiger partial charge is 0.341 e. The van der Waals surface area contributed by atoms with Crippen molar-refractivity contribution >= 4 is 5.91 Å². The smallest absolute Gasteiger partial charge is 0.236 e. The molecule has 3 heteroatoms. The van der Waals surface area contributed by atoms with E-state index in [1.807, 2.05) is 11.9 Å². The van der Waals surface area contributed by atoms with Crippen LogP contribution in [0.25, 0.3) is 0 Å². The Morgan fingerprint density at radius 1 is 1.67 bits per heavy atom. The minimum absolute atomic E-state index is 0.244. The minimum Gasteiger partial charge on any atom is -0.341 e. The molecule has 0 bridgehead atoms.